The van der Waals surface area contributed by atoms with Crippen molar-refractivity contribution in [2.24, 2.45) is 0 Å². The summed E-state index contributed by atoms with van der Waals surface area (Å²) in [6.45, 7) is 2.69. The molecule has 0 aromatic heterocycles. The molecule has 1 N–H and O–H groups in total. The van der Waals surface area contributed by atoms with Gasteiger partial charge in [0.25, 0.3) is 5.91 Å². The van der Waals surface area contributed by atoms with Crippen LogP contribution in [-0.2, 0) is 11.2 Å². The van der Waals surface area contributed by atoms with Gasteiger partial charge in [-0.1, -0.05) is 18.2 Å². The molecule has 0 radical (unpaired) electrons. The summed E-state index contributed by atoms with van der Waals surface area (Å²) in [5, 5.41) is 2.93. The van der Waals surface area contributed by atoms with Crippen molar-refractivity contribution in [3.8, 4) is 0 Å². The summed E-state index contributed by atoms with van der Waals surface area (Å²) in [4.78, 5) is 14.1. The van der Waals surface area contributed by atoms with Crippen LogP contribution in [0.15, 0.2) is 24.3 Å². The van der Waals surface area contributed by atoms with Crippen LogP contribution in [0.1, 0.15) is 18.9 Å². The molecule has 1 fully saturated rings. The highest BCUT2D eigenvalue weighted by Gasteiger charge is 2.47. The van der Waals surface area contributed by atoms with E-state index in [1.807, 2.05) is 31.2 Å². The molecule has 96 valence electrons. The molecule has 0 aliphatic carbocycles. The Labute approximate surface area is 106 Å². The number of anilines is 1. The van der Waals surface area contributed by atoms with Gasteiger partial charge < -0.3 is 10.2 Å². The Morgan fingerprint density at radius 2 is 2.28 bits per heavy atom. The lowest BCUT2D eigenvalue weighted by atomic mass is 10.0. The maximum Gasteiger partial charge on any atom is 0.266 e. The van der Waals surface area contributed by atoms with E-state index in [0.717, 1.165) is 17.7 Å². The van der Waals surface area contributed by atoms with Crippen molar-refractivity contribution < 1.29 is 9.18 Å². The van der Waals surface area contributed by atoms with Crippen LogP contribution in [0.5, 0.6) is 0 Å². The molecule has 2 aliphatic heterocycles. The van der Waals surface area contributed by atoms with Crippen LogP contribution in [0.25, 0.3) is 0 Å². The third kappa shape index (κ3) is 1.63. The minimum absolute atomic E-state index is 0.0446. The van der Waals surface area contributed by atoms with E-state index in [2.05, 4.69) is 5.32 Å². The van der Waals surface area contributed by atoms with E-state index in [9.17, 15) is 9.18 Å². The van der Waals surface area contributed by atoms with Gasteiger partial charge in [-0.05, 0) is 31.5 Å². The Morgan fingerprint density at radius 3 is 3.00 bits per heavy atom. The molecule has 4 heteroatoms. The summed E-state index contributed by atoms with van der Waals surface area (Å²) >= 11 is 0. The molecule has 0 unspecified atom stereocenters. The second-order valence-corrected chi connectivity index (χ2v) is 5.25. The van der Waals surface area contributed by atoms with Crippen molar-refractivity contribution in [1.29, 1.82) is 0 Å². The van der Waals surface area contributed by atoms with Crippen molar-refractivity contribution in [1.82, 2.24) is 5.32 Å². The summed E-state index contributed by atoms with van der Waals surface area (Å²) < 4.78 is 14.6. The zero-order chi connectivity index (χ0) is 12.8. The maximum atomic E-state index is 14.6. The number of amides is 1. The van der Waals surface area contributed by atoms with Gasteiger partial charge >= 0.3 is 0 Å². The Morgan fingerprint density at radius 1 is 1.50 bits per heavy atom. The van der Waals surface area contributed by atoms with E-state index in [-0.39, 0.29) is 24.9 Å². The first-order chi connectivity index (χ1) is 8.62. The van der Waals surface area contributed by atoms with Gasteiger partial charge in [0.1, 0.15) is 0 Å². The maximum absolute atomic E-state index is 14.6. The summed E-state index contributed by atoms with van der Waals surface area (Å²) in [5.74, 6) is -0.384. The Balaban J connectivity index is 1.95. The van der Waals surface area contributed by atoms with E-state index in [0.29, 0.717) is 6.54 Å². The quantitative estimate of drug-likeness (QED) is 0.820. The average Bonchev–Trinajstić information content (AvgIpc) is 2.92. The van der Waals surface area contributed by atoms with Gasteiger partial charge in [-0.3, -0.25) is 4.79 Å². The van der Waals surface area contributed by atoms with E-state index in [4.69, 9.17) is 0 Å². The van der Waals surface area contributed by atoms with E-state index >= 15 is 0 Å². The predicted molar refractivity (Wildman–Crippen MR) is 68.4 cm³/mol. The number of nitrogens with one attached hydrogen (secondary N) is 1. The van der Waals surface area contributed by atoms with Crippen LogP contribution in [0.4, 0.5) is 10.1 Å². The summed E-state index contributed by atoms with van der Waals surface area (Å²) in [6.07, 6.45) is 1.09. The fourth-order valence-corrected chi connectivity index (χ4v) is 2.93. The Bertz CT molecular complexity index is 482. The second-order valence-electron chi connectivity index (χ2n) is 5.25. The average molecular weight is 248 g/mol. The van der Waals surface area contributed by atoms with Crippen molar-refractivity contribution in [3.63, 3.8) is 0 Å². The number of nitrogens with zero attached hydrogens (tertiary/aromatic N) is 1. The van der Waals surface area contributed by atoms with Crippen LogP contribution in [0.2, 0.25) is 0 Å². The molecule has 3 rings (SSSR count). The molecule has 1 saturated heterocycles. The minimum atomic E-state index is -1.73. The van der Waals surface area contributed by atoms with Crippen LogP contribution in [0.3, 0.4) is 0 Å². The highest BCUT2D eigenvalue weighted by Crippen LogP contribution is 2.35. The molecule has 1 aromatic carbocycles. The largest absolute Gasteiger partial charge is 0.313 e. The third-order valence-corrected chi connectivity index (χ3v) is 3.91. The molecular weight excluding hydrogens is 231 g/mol. The van der Waals surface area contributed by atoms with Gasteiger partial charge in [-0.15, -0.1) is 0 Å². The first-order valence-electron chi connectivity index (χ1n) is 6.43. The lowest BCUT2D eigenvalue weighted by Crippen LogP contribution is -2.49. The number of hydrogen-bond donors (Lipinski definition) is 1. The molecule has 1 amide bonds. The lowest BCUT2D eigenvalue weighted by Gasteiger charge is -2.29. The number of para-hydroxylation sites is 1. The number of carbonyl (C=O) groups is 1. The predicted octanol–water partition coefficient (Wildman–Crippen LogP) is 1.67. The number of rotatable bonds is 1. The van der Waals surface area contributed by atoms with Gasteiger partial charge in [0, 0.05) is 24.7 Å². The third-order valence-electron chi connectivity index (χ3n) is 3.91. The fourth-order valence-electron chi connectivity index (χ4n) is 2.93. The first kappa shape index (κ1) is 11.7. The molecule has 0 spiro atoms. The number of hydrogen-bond acceptors (Lipinski definition) is 2. The number of alkyl halides is 1. The van der Waals surface area contributed by atoms with E-state index in [1.165, 1.54) is 0 Å². The van der Waals surface area contributed by atoms with Crippen LogP contribution >= 0.6 is 0 Å². The molecule has 2 heterocycles. The topological polar surface area (TPSA) is 32.3 Å². The molecule has 0 saturated carbocycles. The van der Waals surface area contributed by atoms with E-state index in [1.54, 1.807) is 4.90 Å². The SMILES string of the molecule is C[C@H]1Cc2ccccc2N1C(=O)[C@@]1(F)CCNC1. The zero-order valence-corrected chi connectivity index (χ0v) is 10.4. The van der Waals surface area contributed by atoms with Crippen LogP contribution < -0.4 is 10.2 Å². The van der Waals surface area contributed by atoms with Crippen molar-refractivity contribution >= 4 is 11.6 Å². The highest BCUT2D eigenvalue weighted by atomic mass is 19.1. The van der Waals surface area contributed by atoms with Gasteiger partial charge in [0.15, 0.2) is 0 Å². The monoisotopic (exact) mass is 248 g/mol. The van der Waals surface area contributed by atoms with Crippen molar-refractivity contribution in [2.45, 2.75) is 31.5 Å². The van der Waals surface area contributed by atoms with Crippen molar-refractivity contribution in [3.05, 3.63) is 29.8 Å². The number of benzene rings is 1. The fraction of sp³-hybridized carbons (Fsp3) is 0.500. The molecule has 2 aliphatic rings. The smallest absolute Gasteiger partial charge is 0.266 e. The van der Waals surface area contributed by atoms with Gasteiger partial charge in [-0.25, -0.2) is 4.39 Å². The normalized spacial score (nSPS) is 30.6. The number of carbonyl (C=O) groups excluding carboxylic acids is 1. The molecule has 18 heavy (non-hydrogen) atoms. The van der Waals surface area contributed by atoms with Crippen LogP contribution in [-0.4, -0.2) is 30.7 Å². The molecule has 3 nitrogen and oxygen atoms in total. The number of fused-ring (bicyclic) bond motifs is 1. The van der Waals surface area contributed by atoms with Gasteiger partial charge in [0.2, 0.25) is 5.67 Å². The minimum Gasteiger partial charge on any atom is -0.313 e. The molecular formula is C14H17FN2O. The Hall–Kier alpha value is -1.42. The van der Waals surface area contributed by atoms with E-state index < -0.39 is 5.67 Å². The first-order valence-corrected chi connectivity index (χ1v) is 6.43. The summed E-state index contributed by atoms with van der Waals surface area (Å²) in [5.41, 5.74) is 0.276. The standard InChI is InChI=1S/C14H17FN2O/c1-10-8-11-4-2-3-5-12(11)17(10)13(18)14(15)6-7-16-9-14/h2-5,10,16H,6-9H2,1H3/t10-,14+/m0/s1. The van der Waals surface area contributed by atoms with Crippen LogP contribution in [0, 0.1) is 0 Å². The van der Waals surface area contributed by atoms with Crippen molar-refractivity contribution in [2.75, 3.05) is 18.0 Å². The second kappa shape index (κ2) is 4.05. The Kier molecular flexibility index (Phi) is 2.63. The molecule has 2 atom stereocenters. The number of halogens is 1. The summed E-state index contributed by atoms with van der Waals surface area (Å²) in [7, 11) is 0. The summed E-state index contributed by atoms with van der Waals surface area (Å²) in [6, 6.07) is 7.82. The highest BCUT2D eigenvalue weighted by molar-refractivity contribution is 6.02. The lowest BCUT2D eigenvalue weighted by molar-refractivity contribution is -0.129. The van der Waals surface area contributed by atoms with Gasteiger partial charge in [-0.2, -0.15) is 0 Å². The van der Waals surface area contributed by atoms with Gasteiger partial charge in [0.05, 0.1) is 0 Å². The molecule has 1 aromatic rings. The molecule has 0 bridgehead atoms. The zero-order valence-electron chi connectivity index (χ0n) is 10.4.